The van der Waals surface area contributed by atoms with Crippen LogP contribution < -0.4 is 15.0 Å². The third-order valence-corrected chi connectivity index (χ3v) is 7.67. The predicted octanol–water partition coefficient (Wildman–Crippen LogP) is 3.65. The molecule has 204 valence electrons. The highest BCUT2D eigenvalue weighted by molar-refractivity contribution is 5.97. The van der Waals surface area contributed by atoms with Crippen LogP contribution in [0.3, 0.4) is 0 Å². The summed E-state index contributed by atoms with van der Waals surface area (Å²) in [6.07, 6.45) is 7.45. The number of carbonyl (C=O) groups excluding carboxylic acids is 2. The molecule has 0 saturated carbocycles. The van der Waals surface area contributed by atoms with Crippen LogP contribution in [0.4, 0.5) is 10.2 Å². The van der Waals surface area contributed by atoms with Crippen LogP contribution in [0.1, 0.15) is 52.2 Å². The van der Waals surface area contributed by atoms with Crippen molar-refractivity contribution in [3.05, 3.63) is 77.8 Å². The first kappa shape index (κ1) is 26.5. The summed E-state index contributed by atoms with van der Waals surface area (Å²) in [6, 6.07) is 10.6. The van der Waals surface area contributed by atoms with Gasteiger partial charge in [-0.15, -0.1) is 0 Å². The van der Waals surface area contributed by atoms with Crippen LogP contribution in [0.5, 0.6) is 5.75 Å². The average Bonchev–Trinajstić information content (AvgIpc) is 2.96. The van der Waals surface area contributed by atoms with Crippen LogP contribution in [-0.2, 0) is 0 Å². The van der Waals surface area contributed by atoms with E-state index in [1.807, 2.05) is 31.2 Å². The van der Waals surface area contributed by atoms with Gasteiger partial charge in [0.25, 0.3) is 11.8 Å². The Morgan fingerprint density at radius 2 is 1.87 bits per heavy atom. The number of carbonyl (C=O) groups is 2. The minimum atomic E-state index is -0.608. The zero-order chi connectivity index (χ0) is 27.2. The van der Waals surface area contributed by atoms with Crippen molar-refractivity contribution in [2.75, 3.05) is 44.2 Å². The number of fused-ring (bicyclic) bond motifs is 1. The normalized spacial score (nSPS) is 18.2. The lowest BCUT2D eigenvalue weighted by Gasteiger charge is -2.42. The number of anilines is 1. The number of benzene rings is 1. The maximum atomic E-state index is 14.2. The summed E-state index contributed by atoms with van der Waals surface area (Å²) in [5, 5.41) is 3.02. The van der Waals surface area contributed by atoms with E-state index in [0.717, 1.165) is 31.4 Å². The fourth-order valence-electron chi connectivity index (χ4n) is 5.39. The molecular formula is C29H33FN6O3. The molecule has 4 heterocycles. The number of rotatable bonds is 2. The van der Waals surface area contributed by atoms with Crippen molar-refractivity contribution < 1.29 is 18.7 Å². The molecule has 5 rings (SSSR count). The predicted molar refractivity (Wildman–Crippen MR) is 144 cm³/mol. The number of piperidine rings is 1. The maximum Gasteiger partial charge on any atom is 0.256 e. The maximum absolute atomic E-state index is 14.2. The van der Waals surface area contributed by atoms with Crippen molar-refractivity contribution >= 4 is 17.6 Å². The van der Waals surface area contributed by atoms with Crippen molar-refractivity contribution in [1.82, 2.24) is 25.2 Å². The van der Waals surface area contributed by atoms with E-state index in [4.69, 9.17) is 4.74 Å². The lowest BCUT2D eigenvalue weighted by atomic mass is 9.75. The number of aryl methyl sites for hydroxylation is 1. The van der Waals surface area contributed by atoms with E-state index in [2.05, 4.69) is 25.2 Å². The van der Waals surface area contributed by atoms with E-state index in [-0.39, 0.29) is 22.8 Å². The van der Waals surface area contributed by atoms with Gasteiger partial charge in [-0.2, -0.15) is 0 Å². The van der Waals surface area contributed by atoms with Crippen molar-refractivity contribution in [1.29, 1.82) is 0 Å². The minimum Gasteiger partial charge on any atom is -0.492 e. The largest absolute Gasteiger partial charge is 0.492 e. The second kappa shape index (κ2) is 11.8. The molecule has 1 aromatic carbocycles. The lowest BCUT2D eigenvalue weighted by Crippen LogP contribution is -2.46. The highest BCUT2D eigenvalue weighted by Gasteiger charge is 2.37. The number of hydrogen-bond donors (Lipinski definition) is 1. The van der Waals surface area contributed by atoms with Gasteiger partial charge >= 0.3 is 0 Å². The van der Waals surface area contributed by atoms with Gasteiger partial charge in [0.05, 0.1) is 23.9 Å². The molecule has 10 heteroatoms. The van der Waals surface area contributed by atoms with Gasteiger partial charge in [0.15, 0.2) is 5.82 Å². The molecule has 0 radical (unpaired) electrons. The molecule has 3 aromatic rings. The molecule has 1 N–H and O–H groups in total. The van der Waals surface area contributed by atoms with Gasteiger partial charge in [-0.3, -0.25) is 14.6 Å². The van der Waals surface area contributed by atoms with E-state index in [9.17, 15) is 14.0 Å². The number of halogens is 1. The first-order valence-corrected chi connectivity index (χ1v) is 13.4. The number of likely N-dealkylation sites (tertiary alicyclic amines) is 1. The van der Waals surface area contributed by atoms with Gasteiger partial charge < -0.3 is 19.9 Å². The third kappa shape index (κ3) is 6.16. The summed E-state index contributed by atoms with van der Waals surface area (Å²) in [5.41, 5.74) is 0.346. The van der Waals surface area contributed by atoms with Gasteiger partial charge in [-0.25, -0.2) is 14.4 Å². The SMILES string of the molecule is Cc1nccc(N2CCCC3(CCN(C(=O)c4ccncc4F)CC3)COc3ccccc3C(=O)NCC2)n1. The number of nitrogens with one attached hydrogen (secondary N) is 1. The number of aromatic nitrogens is 3. The molecule has 0 unspecified atom stereocenters. The van der Waals surface area contributed by atoms with E-state index in [0.29, 0.717) is 62.8 Å². The molecule has 2 aromatic heterocycles. The number of pyridine rings is 1. The number of para-hydroxylation sites is 1. The van der Waals surface area contributed by atoms with E-state index in [1.54, 1.807) is 17.2 Å². The Balaban J connectivity index is 1.37. The highest BCUT2D eigenvalue weighted by atomic mass is 19.1. The zero-order valence-corrected chi connectivity index (χ0v) is 22.1. The molecule has 9 nitrogen and oxygen atoms in total. The summed E-state index contributed by atoms with van der Waals surface area (Å²) in [5.74, 6) is 0.968. The Morgan fingerprint density at radius 1 is 1.05 bits per heavy atom. The second-order valence-electron chi connectivity index (χ2n) is 10.2. The van der Waals surface area contributed by atoms with Gasteiger partial charge in [0.2, 0.25) is 0 Å². The fourth-order valence-corrected chi connectivity index (χ4v) is 5.39. The number of nitrogens with zero attached hydrogens (tertiary/aromatic N) is 5. The van der Waals surface area contributed by atoms with Gasteiger partial charge in [0.1, 0.15) is 17.4 Å². The van der Waals surface area contributed by atoms with Gasteiger partial charge in [-0.1, -0.05) is 12.1 Å². The standard InChI is InChI=1S/C29H33FN6O3/c1-21-32-13-8-26(34-21)35-15-4-9-29(20-39-25-6-3-2-5-23(25)27(37)33-14-18-35)10-16-36(17-11-29)28(38)22-7-12-31-19-24(22)30/h2-3,5-8,12-13,19H,4,9-11,14-18,20H2,1H3,(H,33,37). The quantitative estimate of drug-likeness (QED) is 0.538. The molecule has 1 fully saturated rings. The van der Waals surface area contributed by atoms with Crippen molar-refractivity contribution in [3.8, 4) is 5.75 Å². The number of hydrogen-bond acceptors (Lipinski definition) is 7. The molecule has 2 amide bonds. The Hall–Kier alpha value is -4.08. The molecule has 1 spiro atoms. The van der Waals surface area contributed by atoms with Gasteiger partial charge in [-0.05, 0) is 56.9 Å². The number of ether oxygens (including phenoxy) is 1. The van der Waals surface area contributed by atoms with Crippen LogP contribution in [0.15, 0.2) is 55.0 Å². The van der Waals surface area contributed by atoms with E-state index >= 15 is 0 Å². The molecule has 2 aliphatic rings. The van der Waals surface area contributed by atoms with Crippen LogP contribution in [0.25, 0.3) is 0 Å². The van der Waals surface area contributed by atoms with Crippen LogP contribution in [-0.4, -0.2) is 71.0 Å². The van der Waals surface area contributed by atoms with Crippen molar-refractivity contribution in [2.24, 2.45) is 5.41 Å². The summed E-state index contributed by atoms with van der Waals surface area (Å²) in [7, 11) is 0. The van der Waals surface area contributed by atoms with Gasteiger partial charge in [0, 0.05) is 50.5 Å². The average molecular weight is 533 g/mol. The van der Waals surface area contributed by atoms with Crippen LogP contribution in [0.2, 0.25) is 0 Å². The van der Waals surface area contributed by atoms with Crippen LogP contribution in [0, 0.1) is 18.2 Å². The minimum absolute atomic E-state index is 0.0443. The Labute approximate surface area is 227 Å². The molecule has 0 aliphatic carbocycles. The summed E-state index contributed by atoms with van der Waals surface area (Å²) >= 11 is 0. The molecule has 1 saturated heterocycles. The summed E-state index contributed by atoms with van der Waals surface area (Å²) in [4.78, 5) is 42.5. The van der Waals surface area contributed by atoms with Crippen molar-refractivity contribution in [3.63, 3.8) is 0 Å². The molecule has 0 bridgehead atoms. The fraction of sp³-hybridized carbons (Fsp3) is 0.414. The Morgan fingerprint density at radius 3 is 2.67 bits per heavy atom. The summed E-state index contributed by atoms with van der Waals surface area (Å²) < 4.78 is 20.6. The number of amides is 2. The first-order chi connectivity index (χ1) is 18.9. The molecular weight excluding hydrogens is 499 g/mol. The topological polar surface area (TPSA) is 101 Å². The molecule has 0 atom stereocenters. The highest BCUT2D eigenvalue weighted by Crippen LogP contribution is 2.38. The first-order valence-electron chi connectivity index (χ1n) is 13.4. The second-order valence-corrected chi connectivity index (χ2v) is 10.2. The van der Waals surface area contributed by atoms with Crippen molar-refractivity contribution in [2.45, 2.75) is 32.6 Å². The molecule has 2 aliphatic heterocycles. The molecule has 39 heavy (non-hydrogen) atoms. The van der Waals surface area contributed by atoms with Crippen LogP contribution >= 0.6 is 0 Å². The Kier molecular flexibility index (Phi) is 7.99. The van der Waals surface area contributed by atoms with E-state index in [1.165, 1.54) is 12.3 Å². The zero-order valence-electron chi connectivity index (χ0n) is 22.1. The smallest absolute Gasteiger partial charge is 0.256 e. The lowest BCUT2D eigenvalue weighted by molar-refractivity contribution is 0.0362. The summed E-state index contributed by atoms with van der Waals surface area (Å²) in [6.45, 7) is 5.12. The Bertz CT molecular complexity index is 1330. The third-order valence-electron chi connectivity index (χ3n) is 7.67. The monoisotopic (exact) mass is 532 g/mol. The van der Waals surface area contributed by atoms with E-state index < -0.39 is 5.82 Å².